The summed E-state index contributed by atoms with van der Waals surface area (Å²) in [6.07, 6.45) is 3.86. The molecule has 18 heavy (non-hydrogen) atoms. The van der Waals surface area contributed by atoms with Gasteiger partial charge in [-0.1, -0.05) is 30.5 Å². The van der Waals surface area contributed by atoms with Crippen molar-refractivity contribution in [3.8, 4) is 0 Å². The van der Waals surface area contributed by atoms with Crippen LogP contribution in [0.2, 0.25) is 0 Å². The van der Waals surface area contributed by atoms with Crippen LogP contribution in [0, 0.1) is 6.92 Å². The largest absolute Gasteiger partial charge is 0.325 e. The molecule has 0 aliphatic rings. The Balaban J connectivity index is 2.33. The molecule has 0 aliphatic carbocycles. The van der Waals surface area contributed by atoms with Gasteiger partial charge >= 0.3 is 0 Å². The summed E-state index contributed by atoms with van der Waals surface area (Å²) < 4.78 is 0. The molecular weight excluding hydrogens is 244 g/mol. The van der Waals surface area contributed by atoms with Gasteiger partial charge in [-0.3, -0.25) is 4.79 Å². The van der Waals surface area contributed by atoms with E-state index >= 15 is 0 Å². The molecule has 1 amide bonds. The molecule has 4 heteroatoms. The first kappa shape index (κ1) is 15.1. The molecule has 0 spiro atoms. The highest BCUT2D eigenvalue weighted by atomic mass is 32.1. The Morgan fingerprint density at radius 3 is 2.56 bits per heavy atom. The van der Waals surface area contributed by atoms with Crippen LogP contribution < -0.4 is 11.1 Å². The van der Waals surface area contributed by atoms with Crippen LogP contribution >= 0.6 is 12.6 Å². The van der Waals surface area contributed by atoms with Gasteiger partial charge in [-0.2, -0.15) is 12.6 Å². The highest BCUT2D eigenvalue weighted by Gasteiger charge is 2.12. The third kappa shape index (κ3) is 5.56. The van der Waals surface area contributed by atoms with Crippen molar-refractivity contribution >= 4 is 24.2 Å². The number of aryl methyl sites for hydroxylation is 1. The lowest BCUT2D eigenvalue weighted by Crippen LogP contribution is -2.35. The molecule has 0 aliphatic heterocycles. The average Bonchev–Trinajstić information content (AvgIpc) is 2.37. The van der Waals surface area contributed by atoms with E-state index in [2.05, 4.69) is 17.9 Å². The molecule has 3 N–H and O–H groups in total. The number of thiol groups is 1. The highest BCUT2D eigenvalue weighted by molar-refractivity contribution is 7.80. The van der Waals surface area contributed by atoms with E-state index in [0.717, 1.165) is 37.1 Å². The number of nitrogens with two attached hydrogens (primary N) is 1. The molecule has 3 nitrogen and oxygen atoms in total. The van der Waals surface area contributed by atoms with Crippen LogP contribution in [0.25, 0.3) is 0 Å². The number of benzene rings is 1. The van der Waals surface area contributed by atoms with Crippen LogP contribution in [0.3, 0.4) is 0 Å². The number of rotatable bonds is 7. The van der Waals surface area contributed by atoms with Crippen molar-refractivity contribution in [2.75, 3.05) is 11.1 Å². The lowest BCUT2D eigenvalue weighted by Gasteiger charge is -2.12. The van der Waals surface area contributed by atoms with E-state index in [0.29, 0.717) is 0 Å². The molecule has 0 heterocycles. The number of carbonyl (C=O) groups excluding carboxylic acids is 1. The molecule has 0 bridgehead atoms. The van der Waals surface area contributed by atoms with Crippen molar-refractivity contribution in [3.05, 3.63) is 29.8 Å². The van der Waals surface area contributed by atoms with Gasteiger partial charge in [0.1, 0.15) is 0 Å². The molecule has 0 fully saturated rings. The normalized spacial score (nSPS) is 12.2. The summed E-state index contributed by atoms with van der Waals surface area (Å²) in [5.74, 6) is 0.787. The SMILES string of the molecule is Cc1ccc(NC(=O)[C@@H](N)CCCCCS)cc1. The van der Waals surface area contributed by atoms with E-state index in [1.807, 2.05) is 31.2 Å². The third-order valence-corrected chi connectivity index (χ3v) is 3.15. The van der Waals surface area contributed by atoms with Crippen LogP contribution in [0.15, 0.2) is 24.3 Å². The number of anilines is 1. The topological polar surface area (TPSA) is 55.1 Å². The van der Waals surface area contributed by atoms with Crippen molar-refractivity contribution in [1.82, 2.24) is 0 Å². The molecule has 0 unspecified atom stereocenters. The van der Waals surface area contributed by atoms with Gasteiger partial charge in [0, 0.05) is 5.69 Å². The third-order valence-electron chi connectivity index (χ3n) is 2.83. The first-order valence-electron chi connectivity index (χ1n) is 6.37. The summed E-state index contributed by atoms with van der Waals surface area (Å²) in [5, 5.41) is 2.83. The Labute approximate surface area is 115 Å². The average molecular weight is 266 g/mol. The zero-order chi connectivity index (χ0) is 13.4. The fourth-order valence-corrected chi connectivity index (χ4v) is 1.88. The van der Waals surface area contributed by atoms with Crippen molar-refractivity contribution < 1.29 is 4.79 Å². The first-order chi connectivity index (χ1) is 8.63. The fraction of sp³-hybridized carbons (Fsp3) is 0.500. The second kappa shape index (κ2) is 8.16. The summed E-state index contributed by atoms with van der Waals surface area (Å²) in [4.78, 5) is 11.8. The van der Waals surface area contributed by atoms with Gasteiger partial charge in [0.25, 0.3) is 0 Å². The van der Waals surface area contributed by atoms with Crippen LogP contribution in [0.4, 0.5) is 5.69 Å². The Kier molecular flexibility index (Phi) is 6.83. The maximum absolute atomic E-state index is 11.8. The van der Waals surface area contributed by atoms with Gasteiger partial charge in [0.15, 0.2) is 0 Å². The van der Waals surface area contributed by atoms with Crippen molar-refractivity contribution in [1.29, 1.82) is 0 Å². The molecule has 0 aromatic heterocycles. The monoisotopic (exact) mass is 266 g/mol. The van der Waals surface area contributed by atoms with Crippen LogP contribution in [0.5, 0.6) is 0 Å². The number of amides is 1. The molecule has 0 saturated heterocycles. The van der Waals surface area contributed by atoms with Crippen LogP contribution in [0.1, 0.15) is 31.2 Å². The maximum Gasteiger partial charge on any atom is 0.241 e. The predicted octanol–water partition coefficient (Wildman–Crippen LogP) is 2.75. The second-order valence-electron chi connectivity index (χ2n) is 4.53. The maximum atomic E-state index is 11.8. The van der Waals surface area contributed by atoms with E-state index in [9.17, 15) is 4.79 Å². The lowest BCUT2D eigenvalue weighted by atomic mass is 10.1. The summed E-state index contributed by atoms with van der Waals surface area (Å²) >= 11 is 4.15. The van der Waals surface area contributed by atoms with Crippen LogP contribution in [-0.4, -0.2) is 17.7 Å². The van der Waals surface area contributed by atoms with E-state index in [1.165, 1.54) is 5.56 Å². The lowest BCUT2D eigenvalue weighted by molar-refractivity contribution is -0.117. The van der Waals surface area contributed by atoms with E-state index in [4.69, 9.17) is 5.73 Å². The number of carbonyl (C=O) groups is 1. The molecule has 1 aromatic rings. The van der Waals surface area contributed by atoms with Gasteiger partial charge in [-0.05, 0) is 37.7 Å². The standard InChI is InChI=1S/C14H22N2OS/c1-11-6-8-12(9-7-11)16-14(17)13(15)5-3-2-4-10-18/h6-9,13,18H,2-5,10,15H2,1H3,(H,16,17)/t13-/m0/s1. The summed E-state index contributed by atoms with van der Waals surface area (Å²) in [6, 6.07) is 7.29. The Morgan fingerprint density at radius 1 is 1.28 bits per heavy atom. The number of unbranched alkanes of at least 4 members (excludes halogenated alkanes) is 2. The molecule has 1 rings (SSSR count). The smallest absolute Gasteiger partial charge is 0.241 e. The van der Waals surface area contributed by atoms with Crippen molar-refractivity contribution in [2.24, 2.45) is 5.73 Å². The number of hydrogen-bond donors (Lipinski definition) is 3. The van der Waals surface area contributed by atoms with Gasteiger partial charge in [-0.25, -0.2) is 0 Å². The Bertz CT molecular complexity index is 365. The molecule has 1 aromatic carbocycles. The van der Waals surface area contributed by atoms with E-state index in [1.54, 1.807) is 0 Å². The van der Waals surface area contributed by atoms with Gasteiger partial charge in [0.05, 0.1) is 6.04 Å². The minimum atomic E-state index is -0.425. The van der Waals surface area contributed by atoms with Crippen LogP contribution in [-0.2, 0) is 4.79 Å². The van der Waals surface area contributed by atoms with Crippen molar-refractivity contribution in [2.45, 2.75) is 38.6 Å². The van der Waals surface area contributed by atoms with E-state index in [-0.39, 0.29) is 5.91 Å². The highest BCUT2D eigenvalue weighted by Crippen LogP contribution is 2.10. The summed E-state index contributed by atoms with van der Waals surface area (Å²) in [6.45, 7) is 2.01. The van der Waals surface area contributed by atoms with Gasteiger partial charge < -0.3 is 11.1 Å². The minimum absolute atomic E-state index is 0.107. The summed E-state index contributed by atoms with van der Waals surface area (Å²) in [5.41, 5.74) is 7.82. The van der Waals surface area contributed by atoms with Crippen molar-refractivity contribution in [3.63, 3.8) is 0 Å². The van der Waals surface area contributed by atoms with Gasteiger partial charge in [0.2, 0.25) is 5.91 Å². The molecule has 0 saturated carbocycles. The van der Waals surface area contributed by atoms with Gasteiger partial charge in [-0.15, -0.1) is 0 Å². The molecule has 100 valence electrons. The quantitative estimate of drug-likeness (QED) is 0.525. The first-order valence-corrected chi connectivity index (χ1v) is 7.00. The Morgan fingerprint density at radius 2 is 1.94 bits per heavy atom. The molecular formula is C14H22N2OS. The van der Waals surface area contributed by atoms with E-state index < -0.39 is 6.04 Å². The predicted molar refractivity (Wildman–Crippen MR) is 80.1 cm³/mol. The summed E-state index contributed by atoms with van der Waals surface area (Å²) in [7, 11) is 0. The molecule has 1 atom stereocenters. The fourth-order valence-electron chi connectivity index (χ4n) is 1.66. The molecule has 0 radical (unpaired) electrons. The zero-order valence-electron chi connectivity index (χ0n) is 10.9. The number of nitrogens with one attached hydrogen (secondary N) is 1. The minimum Gasteiger partial charge on any atom is -0.325 e. The second-order valence-corrected chi connectivity index (χ2v) is 4.98. The Hall–Kier alpha value is -1.00. The number of hydrogen-bond acceptors (Lipinski definition) is 3. The zero-order valence-corrected chi connectivity index (χ0v) is 11.7.